The van der Waals surface area contributed by atoms with Crippen molar-refractivity contribution in [2.24, 2.45) is 18.4 Å². The van der Waals surface area contributed by atoms with E-state index in [1.165, 1.54) is 18.2 Å². The van der Waals surface area contributed by atoms with Gasteiger partial charge in [0.15, 0.2) is 5.82 Å². The predicted octanol–water partition coefficient (Wildman–Crippen LogP) is 6.02. The number of ether oxygens (including phenoxy) is 3. The largest absolute Gasteiger partial charge is 0.508 e. The van der Waals surface area contributed by atoms with Crippen LogP contribution in [0.25, 0.3) is 43.7 Å². The fourth-order valence-corrected chi connectivity index (χ4v) is 10.8. The van der Waals surface area contributed by atoms with Crippen LogP contribution in [0.3, 0.4) is 0 Å². The Bertz CT molecular complexity index is 2470. The van der Waals surface area contributed by atoms with E-state index in [2.05, 4.69) is 20.6 Å². The Labute approximate surface area is 329 Å². The minimum Gasteiger partial charge on any atom is -0.508 e. The van der Waals surface area contributed by atoms with Crippen molar-refractivity contribution >= 4 is 38.4 Å². The molecule has 1 spiro atoms. The number of terminal acetylenes is 1. The number of nitrogens with zero attached hydrogens (tertiary/aromatic N) is 7. The first-order valence-corrected chi connectivity index (χ1v) is 20.6. The van der Waals surface area contributed by atoms with Gasteiger partial charge in [0.05, 0.1) is 36.4 Å². The van der Waals surface area contributed by atoms with Gasteiger partial charge in [-0.2, -0.15) is 15.1 Å². The molecule has 7 heterocycles. The highest BCUT2D eigenvalue weighted by atomic mass is 19.1. The van der Waals surface area contributed by atoms with Crippen molar-refractivity contribution in [1.82, 2.24) is 29.5 Å². The molecule has 5 aliphatic heterocycles. The number of rotatable bonds is 9. The molecule has 13 heteroatoms. The molecule has 296 valence electrons. The van der Waals surface area contributed by atoms with Crippen molar-refractivity contribution in [3.05, 3.63) is 47.7 Å². The molecule has 5 saturated heterocycles. The molecule has 1 N–H and O–H groups in total. The lowest BCUT2D eigenvalue weighted by molar-refractivity contribution is -0.0484. The zero-order chi connectivity index (χ0) is 38.6. The van der Waals surface area contributed by atoms with Crippen molar-refractivity contribution < 1.29 is 28.1 Å². The first-order valence-electron chi connectivity index (χ1n) is 20.6. The summed E-state index contributed by atoms with van der Waals surface area (Å²) in [6.45, 7) is 8.57. The quantitative estimate of drug-likeness (QED) is 0.179. The van der Waals surface area contributed by atoms with Crippen molar-refractivity contribution in [1.29, 1.82) is 0 Å². The van der Waals surface area contributed by atoms with Crippen LogP contribution in [-0.2, 0) is 16.5 Å². The maximum Gasteiger partial charge on any atom is 0.319 e. The number of aromatic nitrogens is 4. The summed E-state index contributed by atoms with van der Waals surface area (Å²) in [4.78, 5) is 17.6. The van der Waals surface area contributed by atoms with Gasteiger partial charge in [-0.25, -0.2) is 8.78 Å². The first-order chi connectivity index (χ1) is 27.7. The molecule has 11 nitrogen and oxygen atoms in total. The summed E-state index contributed by atoms with van der Waals surface area (Å²) in [7, 11) is 1.79. The molecule has 0 amide bonds. The van der Waals surface area contributed by atoms with Gasteiger partial charge in [0.1, 0.15) is 28.4 Å². The molecule has 3 unspecified atom stereocenters. The standard InChI is InChI=1S/C44H47F2N7O4/c1-3-31-34(45)8-5-27-15-30(54)16-32(35(27)31)36-38(46)40-37(33-20-50(2)49-39(33)36)41(53-28-6-7-29(53)19-52(18-28)17-26-21-55-22-26)48-42(47-40)56-25-43(10-11-43)23-51-13-12-44(24-51)9-4-14-57-44/h1,5,8,15-16,20,26,28-29,54H,4,6-7,9-14,17-19,21-25H2,2H3. The molecule has 3 atom stereocenters. The smallest absolute Gasteiger partial charge is 0.319 e. The number of halogens is 2. The Morgan fingerprint density at radius 1 is 1.02 bits per heavy atom. The summed E-state index contributed by atoms with van der Waals surface area (Å²) in [6.07, 6.45) is 15.2. The zero-order valence-electron chi connectivity index (χ0n) is 32.3. The van der Waals surface area contributed by atoms with Crippen LogP contribution in [0.1, 0.15) is 50.5 Å². The molecular weight excluding hydrogens is 729 g/mol. The monoisotopic (exact) mass is 775 g/mol. The van der Waals surface area contributed by atoms with Crippen LogP contribution in [0.4, 0.5) is 14.6 Å². The lowest BCUT2D eigenvalue weighted by Crippen LogP contribution is -2.56. The second-order valence-corrected chi connectivity index (χ2v) is 17.8. The van der Waals surface area contributed by atoms with Crippen LogP contribution >= 0.6 is 0 Å². The van der Waals surface area contributed by atoms with Gasteiger partial charge in [-0.3, -0.25) is 14.5 Å². The number of aromatic hydroxyl groups is 1. The minimum atomic E-state index is -0.653. The third kappa shape index (κ3) is 5.93. The maximum absolute atomic E-state index is 17.9. The number of benzene rings is 3. The van der Waals surface area contributed by atoms with Crippen LogP contribution < -0.4 is 9.64 Å². The molecule has 6 fully saturated rings. The highest BCUT2D eigenvalue weighted by Gasteiger charge is 2.49. The number of likely N-dealkylation sites (tertiary alicyclic amines) is 2. The van der Waals surface area contributed by atoms with Crippen molar-refractivity contribution in [2.45, 2.75) is 62.6 Å². The van der Waals surface area contributed by atoms with Gasteiger partial charge in [-0.15, -0.1) is 6.42 Å². The summed E-state index contributed by atoms with van der Waals surface area (Å²) in [5.41, 5.74) is 0.738. The normalized spacial score (nSPS) is 26.0. The average molecular weight is 776 g/mol. The van der Waals surface area contributed by atoms with Gasteiger partial charge in [0, 0.05) is 98.9 Å². The third-order valence-corrected chi connectivity index (χ3v) is 13.7. The number of phenols is 1. The highest BCUT2D eigenvalue weighted by Crippen LogP contribution is 2.50. The molecule has 1 aliphatic carbocycles. The molecule has 3 aromatic carbocycles. The molecule has 11 rings (SSSR count). The number of hydrogen-bond acceptors (Lipinski definition) is 10. The zero-order valence-corrected chi connectivity index (χ0v) is 32.3. The van der Waals surface area contributed by atoms with Crippen LogP contribution in [0, 0.1) is 35.3 Å². The summed E-state index contributed by atoms with van der Waals surface area (Å²) >= 11 is 0. The topological polar surface area (TPSA) is 101 Å². The number of fused-ring (bicyclic) bond motifs is 6. The van der Waals surface area contributed by atoms with Gasteiger partial charge in [0.25, 0.3) is 0 Å². The van der Waals surface area contributed by atoms with E-state index < -0.39 is 11.6 Å². The lowest BCUT2D eigenvalue weighted by atomic mass is 9.91. The van der Waals surface area contributed by atoms with E-state index in [1.807, 2.05) is 6.20 Å². The van der Waals surface area contributed by atoms with Crippen molar-refractivity contribution in [3.8, 4) is 35.2 Å². The fourth-order valence-electron chi connectivity index (χ4n) is 10.8. The van der Waals surface area contributed by atoms with Crippen molar-refractivity contribution in [2.75, 3.05) is 70.6 Å². The Hall–Kier alpha value is -4.61. The van der Waals surface area contributed by atoms with Crippen LogP contribution in [0.2, 0.25) is 0 Å². The first kappa shape index (κ1) is 35.5. The van der Waals surface area contributed by atoms with Gasteiger partial charge in [-0.05, 0) is 74.1 Å². The molecule has 5 aromatic rings. The predicted molar refractivity (Wildman–Crippen MR) is 212 cm³/mol. The summed E-state index contributed by atoms with van der Waals surface area (Å²) < 4.78 is 53.2. The third-order valence-electron chi connectivity index (χ3n) is 13.7. The van der Waals surface area contributed by atoms with E-state index in [0.29, 0.717) is 45.4 Å². The second-order valence-electron chi connectivity index (χ2n) is 17.8. The summed E-state index contributed by atoms with van der Waals surface area (Å²) in [5, 5.41) is 17.8. The Kier molecular flexibility index (Phi) is 8.24. The van der Waals surface area contributed by atoms with Crippen LogP contribution in [-0.4, -0.2) is 118 Å². The van der Waals surface area contributed by atoms with E-state index in [1.54, 1.807) is 17.8 Å². The Balaban J connectivity index is 1.04. The van der Waals surface area contributed by atoms with E-state index in [0.717, 1.165) is 104 Å². The number of phenolic OH excluding ortho intramolecular Hbond substituents is 1. The van der Waals surface area contributed by atoms with E-state index in [4.69, 9.17) is 35.7 Å². The van der Waals surface area contributed by atoms with Gasteiger partial charge in [0.2, 0.25) is 0 Å². The number of hydrogen-bond donors (Lipinski definition) is 1. The molecule has 6 aliphatic rings. The molecular formula is C44H47F2N7O4. The summed E-state index contributed by atoms with van der Waals surface area (Å²) in [6, 6.07) is 6.24. The number of aryl methyl sites for hydroxylation is 1. The number of anilines is 1. The molecule has 2 aromatic heterocycles. The van der Waals surface area contributed by atoms with Gasteiger partial charge in [-0.1, -0.05) is 12.0 Å². The fraction of sp³-hybridized carbons (Fsp3) is 0.523. The summed E-state index contributed by atoms with van der Waals surface area (Å²) in [5.74, 6) is 2.32. The van der Waals surface area contributed by atoms with Gasteiger partial charge >= 0.3 is 6.01 Å². The average Bonchev–Trinajstić information content (AvgIpc) is 3.46. The Morgan fingerprint density at radius 2 is 1.84 bits per heavy atom. The van der Waals surface area contributed by atoms with Crippen LogP contribution in [0.15, 0.2) is 30.5 Å². The molecule has 2 bridgehead atoms. The number of piperazine rings is 1. The van der Waals surface area contributed by atoms with Crippen molar-refractivity contribution in [3.63, 3.8) is 0 Å². The molecule has 57 heavy (non-hydrogen) atoms. The highest BCUT2D eigenvalue weighted by molar-refractivity contribution is 6.18. The van der Waals surface area contributed by atoms with E-state index >= 15 is 8.78 Å². The van der Waals surface area contributed by atoms with E-state index in [9.17, 15) is 5.11 Å². The maximum atomic E-state index is 17.9. The lowest BCUT2D eigenvalue weighted by Gasteiger charge is -2.44. The van der Waals surface area contributed by atoms with E-state index in [-0.39, 0.29) is 57.1 Å². The molecule has 1 saturated carbocycles. The minimum absolute atomic E-state index is 0.00279. The second kappa shape index (κ2) is 13.2. The Morgan fingerprint density at radius 3 is 2.56 bits per heavy atom. The molecule has 0 radical (unpaired) electrons. The van der Waals surface area contributed by atoms with Crippen LogP contribution in [0.5, 0.6) is 11.8 Å². The van der Waals surface area contributed by atoms with Gasteiger partial charge < -0.3 is 24.2 Å². The SMILES string of the molecule is C#Cc1c(F)ccc2cc(O)cc(-c3c(F)c4nc(OCC5(CN6CCC7(CCCO7)C6)CC5)nc(N5C6CCC5CN(CC5COC5)C6)c4c4cn(C)nc34)c12.